The minimum Gasteiger partial charge on any atom is -0.422 e. The lowest BCUT2D eigenvalue weighted by Crippen LogP contribution is -2.10. The van der Waals surface area contributed by atoms with Gasteiger partial charge >= 0.3 is 5.97 Å². The van der Waals surface area contributed by atoms with E-state index in [0.29, 0.717) is 24.3 Å². The minimum atomic E-state index is -1.34. The Bertz CT molecular complexity index is 938. The lowest BCUT2D eigenvalue weighted by molar-refractivity contribution is -0.394. The Balaban J connectivity index is 2.45. The van der Waals surface area contributed by atoms with Gasteiger partial charge in [0.2, 0.25) is 0 Å². The van der Waals surface area contributed by atoms with Gasteiger partial charge in [0.15, 0.2) is 0 Å². The third-order valence-corrected chi connectivity index (χ3v) is 3.07. The van der Waals surface area contributed by atoms with Crippen molar-refractivity contribution in [3.05, 3.63) is 82.4 Å². The molecule has 0 atom stereocenters. The highest BCUT2D eigenvalue weighted by Crippen LogP contribution is 2.29. The monoisotopic (exact) mass is 378 g/mol. The number of carbonyl (C=O) groups is 1. The predicted molar refractivity (Wildman–Crippen MR) is 84.5 cm³/mol. The Morgan fingerprint density at radius 3 is 1.30 bits per heavy atom. The number of carbonyl (C=O) groups excluding carboxylic acids is 1. The highest BCUT2D eigenvalue weighted by atomic mass is 16.6. The molecule has 0 bridgehead atoms. The number of rotatable bonds is 6. The number of hydrogen-bond donors (Lipinski definition) is 0. The smallest absolute Gasteiger partial charge is 0.344 e. The van der Waals surface area contributed by atoms with E-state index in [1.165, 1.54) is 0 Å². The second-order valence-electron chi connectivity index (χ2n) is 4.84. The number of nitro benzene ring substituents is 4. The molecule has 0 aliphatic rings. The lowest BCUT2D eigenvalue weighted by atomic mass is 10.1. The van der Waals surface area contributed by atoms with Crippen molar-refractivity contribution in [3.8, 4) is 5.75 Å². The van der Waals surface area contributed by atoms with Crippen molar-refractivity contribution in [2.75, 3.05) is 0 Å². The van der Waals surface area contributed by atoms with Crippen molar-refractivity contribution in [1.82, 2.24) is 0 Å². The summed E-state index contributed by atoms with van der Waals surface area (Å²) in [5.74, 6) is -1.92. The molecule has 2 rings (SSSR count). The molecule has 0 aromatic heterocycles. The fourth-order valence-electron chi connectivity index (χ4n) is 1.93. The van der Waals surface area contributed by atoms with Crippen molar-refractivity contribution >= 4 is 28.7 Å². The zero-order valence-corrected chi connectivity index (χ0v) is 12.8. The third kappa shape index (κ3) is 4.32. The van der Waals surface area contributed by atoms with Crippen molar-refractivity contribution in [3.63, 3.8) is 0 Å². The Morgan fingerprint density at radius 1 is 0.630 bits per heavy atom. The predicted octanol–water partition coefficient (Wildman–Crippen LogP) is 2.54. The normalized spacial score (nSPS) is 10.1. The average Bonchev–Trinajstić information content (AvgIpc) is 2.60. The molecule has 0 N–H and O–H groups in total. The molecule has 14 heteroatoms. The van der Waals surface area contributed by atoms with Crippen molar-refractivity contribution in [2.24, 2.45) is 0 Å². The van der Waals surface area contributed by atoms with E-state index in [1.807, 2.05) is 0 Å². The van der Waals surface area contributed by atoms with E-state index >= 15 is 0 Å². The fourth-order valence-corrected chi connectivity index (χ4v) is 1.93. The highest BCUT2D eigenvalue weighted by molar-refractivity contribution is 5.92. The first-order chi connectivity index (χ1) is 12.6. The SMILES string of the molecule is O=C(Oc1cc([N+](=O)[O-])cc([N+](=O)[O-])c1)c1cc([N+](=O)[O-])cc([N+](=O)[O-])c1. The summed E-state index contributed by atoms with van der Waals surface area (Å²) in [4.78, 5) is 51.6. The average molecular weight is 378 g/mol. The molecule has 0 amide bonds. The molecule has 27 heavy (non-hydrogen) atoms. The fraction of sp³-hybridized carbons (Fsp3) is 0. The van der Waals surface area contributed by atoms with Gasteiger partial charge in [0, 0.05) is 12.1 Å². The highest BCUT2D eigenvalue weighted by Gasteiger charge is 2.23. The van der Waals surface area contributed by atoms with Crippen LogP contribution in [0.1, 0.15) is 10.4 Å². The summed E-state index contributed by atoms with van der Waals surface area (Å²) in [5.41, 5.74) is -3.60. The second kappa shape index (κ2) is 7.18. The lowest BCUT2D eigenvalue weighted by Gasteiger charge is -2.05. The number of nitrogens with zero attached hydrogens (tertiary/aromatic N) is 4. The Labute approximate surface area is 147 Å². The standard InChI is InChI=1S/C13H6N4O10/c18-13(7-1-8(14(19)20)3-9(2-7)15(21)22)27-12-5-10(16(23)24)4-11(6-12)17(25)26/h1-6H. The van der Waals surface area contributed by atoms with Crippen LogP contribution in [0.2, 0.25) is 0 Å². The van der Waals surface area contributed by atoms with Gasteiger partial charge in [-0.25, -0.2) is 4.79 Å². The summed E-state index contributed by atoms with van der Waals surface area (Å²) in [5, 5.41) is 43.3. The van der Waals surface area contributed by atoms with Gasteiger partial charge in [-0.15, -0.1) is 0 Å². The molecule has 2 aromatic carbocycles. The molecule has 14 nitrogen and oxygen atoms in total. The van der Waals surface area contributed by atoms with Gasteiger partial charge < -0.3 is 4.74 Å². The van der Waals surface area contributed by atoms with Gasteiger partial charge in [-0.2, -0.15) is 0 Å². The number of hydrogen-bond acceptors (Lipinski definition) is 10. The van der Waals surface area contributed by atoms with Gasteiger partial charge in [-0.1, -0.05) is 0 Å². The molecule has 0 unspecified atom stereocenters. The maximum atomic E-state index is 12.1. The third-order valence-electron chi connectivity index (χ3n) is 3.07. The van der Waals surface area contributed by atoms with Gasteiger partial charge in [0.25, 0.3) is 22.7 Å². The minimum absolute atomic E-state index is 0.588. The van der Waals surface area contributed by atoms with Crippen LogP contribution < -0.4 is 4.74 Å². The first-order valence-corrected chi connectivity index (χ1v) is 6.68. The number of benzene rings is 2. The maximum absolute atomic E-state index is 12.1. The van der Waals surface area contributed by atoms with Crippen LogP contribution in [-0.4, -0.2) is 25.7 Å². The summed E-state index contributed by atoms with van der Waals surface area (Å²) in [7, 11) is 0. The number of non-ortho nitro benzene ring substituents is 4. The summed E-state index contributed by atoms with van der Waals surface area (Å²) in [6.45, 7) is 0. The summed E-state index contributed by atoms with van der Waals surface area (Å²) in [6.07, 6.45) is 0. The largest absolute Gasteiger partial charge is 0.422 e. The molecule has 0 saturated heterocycles. The first kappa shape index (κ1) is 18.8. The molecule has 2 aromatic rings. The Kier molecular flexibility index (Phi) is 5.01. The van der Waals surface area contributed by atoms with E-state index in [0.717, 1.165) is 12.1 Å². The van der Waals surface area contributed by atoms with Crippen molar-refractivity contribution < 1.29 is 29.2 Å². The quantitative estimate of drug-likeness (QED) is 0.311. The van der Waals surface area contributed by atoms with Crippen LogP contribution in [0.3, 0.4) is 0 Å². The Hall–Kier alpha value is -4.49. The number of ether oxygens (including phenoxy) is 1. The van der Waals surface area contributed by atoms with Crippen LogP contribution in [0.4, 0.5) is 22.7 Å². The van der Waals surface area contributed by atoms with E-state index < -0.39 is 59.7 Å². The van der Waals surface area contributed by atoms with E-state index in [9.17, 15) is 45.3 Å². The van der Waals surface area contributed by atoms with E-state index in [-0.39, 0.29) is 0 Å². The zero-order valence-electron chi connectivity index (χ0n) is 12.8. The molecule has 138 valence electrons. The zero-order chi connectivity index (χ0) is 20.3. The van der Waals surface area contributed by atoms with Gasteiger partial charge in [-0.3, -0.25) is 40.5 Å². The van der Waals surface area contributed by atoms with Gasteiger partial charge in [-0.05, 0) is 0 Å². The molecule has 0 saturated carbocycles. The molecule has 0 aliphatic carbocycles. The van der Waals surface area contributed by atoms with Crippen molar-refractivity contribution in [2.45, 2.75) is 0 Å². The maximum Gasteiger partial charge on any atom is 0.344 e. The molecule has 0 spiro atoms. The summed E-state index contributed by atoms with van der Waals surface area (Å²) >= 11 is 0. The van der Waals surface area contributed by atoms with Crippen LogP contribution in [0.25, 0.3) is 0 Å². The van der Waals surface area contributed by atoms with Crippen LogP contribution in [0, 0.1) is 40.5 Å². The van der Waals surface area contributed by atoms with Crippen LogP contribution in [0.5, 0.6) is 5.75 Å². The second-order valence-corrected chi connectivity index (χ2v) is 4.84. The number of nitro groups is 4. The summed E-state index contributed by atoms with van der Waals surface area (Å²) in [6, 6.07) is 4.08. The summed E-state index contributed by atoms with van der Waals surface area (Å²) < 4.78 is 4.76. The van der Waals surface area contributed by atoms with Crippen LogP contribution in [-0.2, 0) is 0 Å². The molecule has 0 radical (unpaired) electrons. The van der Waals surface area contributed by atoms with E-state index in [2.05, 4.69) is 0 Å². The molecular weight excluding hydrogens is 372 g/mol. The molecular formula is C13H6N4O10. The molecule has 0 fully saturated rings. The van der Waals surface area contributed by atoms with E-state index in [4.69, 9.17) is 4.74 Å². The van der Waals surface area contributed by atoms with E-state index in [1.54, 1.807) is 0 Å². The van der Waals surface area contributed by atoms with Crippen LogP contribution >= 0.6 is 0 Å². The van der Waals surface area contributed by atoms with Crippen LogP contribution in [0.15, 0.2) is 36.4 Å². The Morgan fingerprint density at radius 2 is 0.963 bits per heavy atom. The van der Waals surface area contributed by atoms with Gasteiger partial charge in [0.05, 0.1) is 49.5 Å². The van der Waals surface area contributed by atoms with Gasteiger partial charge in [0.1, 0.15) is 5.75 Å². The molecule has 0 heterocycles. The molecule has 0 aliphatic heterocycles. The number of esters is 1. The topological polar surface area (TPSA) is 199 Å². The first-order valence-electron chi connectivity index (χ1n) is 6.68. The van der Waals surface area contributed by atoms with Crippen molar-refractivity contribution in [1.29, 1.82) is 0 Å².